The van der Waals surface area contributed by atoms with Crippen molar-refractivity contribution in [2.45, 2.75) is 39.4 Å². The summed E-state index contributed by atoms with van der Waals surface area (Å²) < 4.78 is 37.1. The van der Waals surface area contributed by atoms with Crippen LogP contribution < -0.4 is 19.5 Å². The molecule has 12 nitrogen and oxygen atoms in total. The van der Waals surface area contributed by atoms with Crippen molar-refractivity contribution in [3.05, 3.63) is 54.2 Å². The highest BCUT2D eigenvalue weighted by Gasteiger charge is 2.18. The SMILES string of the molecule is COc1cnc2c(-c3nc4cc(F)c(OC(C)COC(=O)Nc5cnc(OCC(C)(C)O)nc5)cc4s3)cc(C)cc2n1. The molecule has 43 heavy (non-hydrogen) atoms. The van der Waals surface area contributed by atoms with Gasteiger partial charge in [-0.25, -0.2) is 34.1 Å². The van der Waals surface area contributed by atoms with Crippen molar-refractivity contribution in [2.75, 3.05) is 25.6 Å². The monoisotopic (exact) mass is 608 g/mol. The summed E-state index contributed by atoms with van der Waals surface area (Å²) in [6.45, 7) is 6.64. The highest BCUT2D eigenvalue weighted by atomic mass is 32.1. The van der Waals surface area contributed by atoms with Gasteiger partial charge in [-0.1, -0.05) is 0 Å². The number of hydrogen-bond donors (Lipinski definition) is 2. The summed E-state index contributed by atoms with van der Waals surface area (Å²) >= 11 is 1.37. The molecule has 0 spiro atoms. The molecule has 0 aliphatic carbocycles. The van der Waals surface area contributed by atoms with E-state index in [2.05, 4.69) is 30.2 Å². The number of aliphatic hydroxyl groups is 1. The zero-order valence-electron chi connectivity index (χ0n) is 24.0. The summed E-state index contributed by atoms with van der Waals surface area (Å²) in [5, 5.41) is 12.9. The molecule has 1 unspecified atom stereocenters. The fraction of sp³-hybridized carbons (Fsp3) is 0.310. The molecule has 2 aromatic carbocycles. The van der Waals surface area contributed by atoms with Crippen LogP contribution in [0.15, 0.2) is 42.9 Å². The van der Waals surface area contributed by atoms with E-state index in [-0.39, 0.29) is 30.7 Å². The van der Waals surface area contributed by atoms with E-state index in [1.54, 1.807) is 33.0 Å². The van der Waals surface area contributed by atoms with Crippen LogP contribution in [0.5, 0.6) is 17.6 Å². The number of nitrogens with zero attached hydrogens (tertiary/aromatic N) is 5. The number of aromatic nitrogens is 5. The summed E-state index contributed by atoms with van der Waals surface area (Å²) in [6, 6.07) is 6.82. The van der Waals surface area contributed by atoms with Crippen LogP contribution >= 0.6 is 11.3 Å². The Labute approximate surface area is 249 Å². The molecule has 3 heterocycles. The first-order valence-electron chi connectivity index (χ1n) is 13.2. The molecule has 1 amide bonds. The van der Waals surface area contributed by atoms with Crippen LogP contribution in [0, 0.1) is 12.7 Å². The second-order valence-corrected chi connectivity index (χ2v) is 11.4. The van der Waals surface area contributed by atoms with Crippen molar-refractivity contribution >= 4 is 44.4 Å². The Hall–Kier alpha value is -4.69. The van der Waals surface area contributed by atoms with Crippen molar-refractivity contribution < 1.29 is 33.2 Å². The lowest BCUT2D eigenvalue weighted by Crippen LogP contribution is -2.28. The average molecular weight is 609 g/mol. The number of ether oxygens (including phenoxy) is 4. The lowest BCUT2D eigenvalue weighted by atomic mass is 10.1. The molecule has 0 saturated carbocycles. The molecule has 0 bridgehead atoms. The van der Waals surface area contributed by atoms with Crippen LogP contribution in [0.25, 0.3) is 31.8 Å². The Kier molecular flexibility index (Phi) is 8.50. The normalized spacial score (nSPS) is 12.3. The fourth-order valence-corrected chi connectivity index (χ4v) is 4.93. The Morgan fingerprint density at radius 1 is 1.09 bits per heavy atom. The summed E-state index contributed by atoms with van der Waals surface area (Å²) in [5.41, 5.74) is 2.79. The van der Waals surface area contributed by atoms with Crippen LogP contribution in [0.1, 0.15) is 26.3 Å². The maximum atomic E-state index is 15.0. The highest BCUT2D eigenvalue weighted by molar-refractivity contribution is 7.21. The van der Waals surface area contributed by atoms with Gasteiger partial charge in [-0.3, -0.25) is 5.32 Å². The molecule has 0 saturated heterocycles. The number of amides is 1. The number of anilines is 1. The van der Waals surface area contributed by atoms with Crippen LogP contribution in [-0.4, -0.2) is 68.1 Å². The molecule has 0 aliphatic rings. The largest absolute Gasteiger partial charge is 0.484 e. The van der Waals surface area contributed by atoms with E-state index < -0.39 is 23.6 Å². The van der Waals surface area contributed by atoms with Crippen molar-refractivity contribution in [3.63, 3.8) is 0 Å². The minimum Gasteiger partial charge on any atom is -0.484 e. The van der Waals surface area contributed by atoms with E-state index in [4.69, 9.17) is 18.9 Å². The number of carbonyl (C=O) groups excluding carboxylic acids is 1. The number of halogens is 1. The molecule has 5 aromatic rings. The zero-order chi connectivity index (χ0) is 30.7. The molecule has 224 valence electrons. The molecule has 0 fully saturated rings. The van der Waals surface area contributed by atoms with E-state index in [1.807, 2.05) is 19.1 Å². The molecular formula is C29H29FN6O6S. The first-order chi connectivity index (χ1) is 20.5. The number of nitrogens with one attached hydrogen (secondary N) is 1. The van der Waals surface area contributed by atoms with Gasteiger partial charge in [-0.2, -0.15) is 0 Å². The van der Waals surface area contributed by atoms with Crippen LogP contribution in [0.3, 0.4) is 0 Å². The third kappa shape index (κ3) is 7.40. The number of rotatable bonds is 10. The van der Waals surface area contributed by atoms with Gasteiger partial charge < -0.3 is 24.1 Å². The fourth-order valence-electron chi connectivity index (χ4n) is 3.94. The lowest BCUT2D eigenvalue weighted by molar-refractivity contribution is 0.0250. The second-order valence-electron chi connectivity index (χ2n) is 10.4. The number of methoxy groups -OCH3 is 1. The molecule has 0 aliphatic heterocycles. The predicted octanol–water partition coefficient (Wildman–Crippen LogP) is 5.32. The molecule has 1 atom stereocenters. The van der Waals surface area contributed by atoms with Gasteiger partial charge >= 0.3 is 12.1 Å². The van der Waals surface area contributed by atoms with E-state index in [9.17, 15) is 14.3 Å². The predicted molar refractivity (Wildman–Crippen MR) is 158 cm³/mol. The molecule has 14 heteroatoms. The molecule has 0 radical (unpaired) electrons. The molecule has 3 aromatic heterocycles. The smallest absolute Gasteiger partial charge is 0.411 e. The minimum absolute atomic E-state index is 0.00645. The van der Waals surface area contributed by atoms with Crippen LogP contribution in [0.4, 0.5) is 14.9 Å². The van der Waals surface area contributed by atoms with Gasteiger partial charge in [-0.05, 0) is 45.4 Å². The van der Waals surface area contributed by atoms with Crippen molar-refractivity contribution in [3.8, 4) is 28.2 Å². The average Bonchev–Trinajstić information content (AvgIpc) is 3.37. The van der Waals surface area contributed by atoms with Crippen LogP contribution in [0.2, 0.25) is 0 Å². The van der Waals surface area contributed by atoms with E-state index >= 15 is 0 Å². The summed E-state index contributed by atoms with van der Waals surface area (Å²) in [6.07, 6.45) is 2.79. The number of fused-ring (bicyclic) bond motifs is 2. The van der Waals surface area contributed by atoms with Gasteiger partial charge in [0.2, 0.25) is 5.88 Å². The summed E-state index contributed by atoms with van der Waals surface area (Å²) in [5.74, 6) is -0.179. The minimum atomic E-state index is -1.04. The van der Waals surface area contributed by atoms with Gasteiger partial charge in [0.15, 0.2) is 11.6 Å². The summed E-state index contributed by atoms with van der Waals surface area (Å²) in [4.78, 5) is 33.8. The summed E-state index contributed by atoms with van der Waals surface area (Å²) in [7, 11) is 1.53. The van der Waals surface area contributed by atoms with E-state index in [1.165, 1.54) is 36.9 Å². The number of hydrogen-bond acceptors (Lipinski definition) is 12. The van der Waals surface area contributed by atoms with Gasteiger partial charge in [-0.15, -0.1) is 11.3 Å². The second kappa shape index (κ2) is 12.3. The van der Waals surface area contributed by atoms with Gasteiger partial charge in [0.1, 0.15) is 24.3 Å². The third-order valence-corrected chi connectivity index (χ3v) is 6.91. The van der Waals surface area contributed by atoms with Crippen LogP contribution in [-0.2, 0) is 4.74 Å². The van der Waals surface area contributed by atoms with Gasteiger partial charge in [0, 0.05) is 17.7 Å². The first kappa shape index (κ1) is 29.8. The third-order valence-electron chi connectivity index (χ3n) is 5.86. The number of thiazole rings is 1. The van der Waals surface area contributed by atoms with Crippen molar-refractivity contribution in [1.29, 1.82) is 0 Å². The topological polar surface area (TPSA) is 151 Å². The lowest BCUT2D eigenvalue weighted by Gasteiger charge is -2.16. The van der Waals surface area contributed by atoms with Gasteiger partial charge in [0.05, 0.1) is 58.2 Å². The number of benzene rings is 2. The molecule has 2 N–H and O–H groups in total. The Morgan fingerprint density at radius 2 is 1.86 bits per heavy atom. The van der Waals surface area contributed by atoms with Crippen molar-refractivity contribution in [1.82, 2.24) is 24.9 Å². The number of aryl methyl sites for hydroxylation is 1. The molecule has 5 rings (SSSR count). The quantitative estimate of drug-likeness (QED) is 0.212. The Bertz CT molecular complexity index is 1780. The first-order valence-corrected chi connectivity index (χ1v) is 14.0. The highest BCUT2D eigenvalue weighted by Crippen LogP contribution is 2.37. The number of carbonyl (C=O) groups is 1. The Balaban J connectivity index is 1.22. The maximum absolute atomic E-state index is 15.0. The van der Waals surface area contributed by atoms with Crippen molar-refractivity contribution in [2.24, 2.45) is 0 Å². The van der Waals surface area contributed by atoms with E-state index in [0.717, 1.165) is 11.1 Å². The zero-order valence-corrected chi connectivity index (χ0v) is 24.9. The van der Waals surface area contributed by atoms with E-state index in [0.29, 0.717) is 32.1 Å². The standard InChI is InChI=1S/C29H29FN6O6S/c1-15-6-18(25-21(7-15)35-24(39-5)12-31-25)26-36-20-8-19(30)22(9-23(20)43-26)42-16(2)13-40-28(37)34-17-10-32-27(33-11-17)41-14-29(3,4)38/h6-12,16,38H,13-14H2,1-5H3,(H,34,37). The Morgan fingerprint density at radius 3 is 2.58 bits per heavy atom. The maximum Gasteiger partial charge on any atom is 0.411 e. The molecular weight excluding hydrogens is 579 g/mol. The van der Waals surface area contributed by atoms with Gasteiger partial charge in [0.25, 0.3) is 0 Å².